The number of alkyl halides is 4. The van der Waals surface area contributed by atoms with E-state index in [1.165, 1.54) is 0 Å². The van der Waals surface area contributed by atoms with Crippen LogP contribution < -0.4 is 5.73 Å². The zero-order chi connectivity index (χ0) is 12.3. The van der Waals surface area contributed by atoms with Crippen LogP contribution >= 0.6 is 11.6 Å². The van der Waals surface area contributed by atoms with Crippen molar-refractivity contribution in [2.45, 2.75) is 25.8 Å². The predicted molar refractivity (Wildman–Crippen MR) is 50.8 cm³/mol. The summed E-state index contributed by atoms with van der Waals surface area (Å²) in [5.74, 6) is 0. The molecule has 0 fully saturated rings. The number of nitrogens with zero attached hydrogens (tertiary/aromatic N) is 2. The van der Waals surface area contributed by atoms with Crippen molar-refractivity contribution in [2.24, 2.45) is 5.73 Å². The minimum atomic E-state index is -2.97. The van der Waals surface area contributed by atoms with E-state index in [-0.39, 0.29) is 13.1 Å². The molecule has 0 aliphatic carbocycles. The molecular formula is C8H10ClF4N3. The Balaban J connectivity index is 3.09. The Kier molecular flexibility index (Phi) is 4.55. The van der Waals surface area contributed by atoms with Crippen LogP contribution in [0.25, 0.3) is 0 Å². The van der Waals surface area contributed by atoms with Gasteiger partial charge < -0.3 is 5.73 Å². The van der Waals surface area contributed by atoms with E-state index in [2.05, 4.69) is 5.10 Å². The summed E-state index contributed by atoms with van der Waals surface area (Å²) in [5, 5.41) is 2.70. The normalized spacial score (nSPS) is 11.8. The van der Waals surface area contributed by atoms with E-state index in [4.69, 9.17) is 17.3 Å². The van der Waals surface area contributed by atoms with Crippen molar-refractivity contribution in [2.75, 3.05) is 6.54 Å². The molecule has 0 bridgehead atoms. The highest BCUT2D eigenvalue weighted by atomic mass is 35.5. The summed E-state index contributed by atoms with van der Waals surface area (Å²) in [6.07, 6.45) is -5.55. The fourth-order valence-electron chi connectivity index (χ4n) is 1.23. The SMILES string of the molecule is NCCCn1nc(C(F)F)c(Cl)c1C(F)F. The number of aromatic nitrogens is 2. The van der Waals surface area contributed by atoms with Gasteiger partial charge in [-0.3, -0.25) is 4.68 Å². The Morgan fingerprint density at radius 2 is 1.88 bits per heavy atom. The predicted octanol–water partition coefficient (Wildman–Crippen LogP) is 2.76. The molecular weight excluding hydrogens is 250 g/mol. The van der Waals surface area contributed by atoms with Crippen LogP contribution in [-0.4, -0.2) is 16.3 Å². The van der Waals surface area contributed by atoms with Gasteiger partial charge >= 0.3 is 0 Å². The lowest BCUT2D eigenvalue weighted by molar-refractivity contribution is 0.138. The first-order valence-electron chi connectivity index (χ1n) is 4.51. The van der Waals surface area contributed by atoms with Crippen molar-refractivity contribution in [3.63, 3.8) is 0 Å². The molecule has 1 aromatic heterocycles. The number of halogens is 5. The molecule has 1 aromatic rings. The maximum atomic E-state index is 12.6. The maximum Gasteiger partial charge on any atom is 0.283 e. The molecule has 8 heteroatoms. The van der Waals surface area contributed by atoms with E-state index < -0.39 is 29.3 Å². The van der Waals surface area contributed by atoms with Crippen molar-refractivity contribution >= 4 is 11.6 Å². The first kappa shape index (κ1) is 13.2. The van der Waals surface area contributed by atoms with Gasteiger partial charge in [0.25, 0.3) is 12.9 Å². The first-order chi connectivity index (χ1) is 7.49. The largest absolute Gasteiger partial charge is 0.330 e. The van der Waals surface area contributed by atoms with Crippen LogP contribution in [0.1, 0.15) is 30.7 Å². The van der Waals surface area contributed by atoms with Gasteiger partial charge in [0.2, 0.25) is 0 Å². The van der Waals surface area contributed by atoms with Gasteiger partial charge in [-0.15, -0.1) is 0 Å². The number of rotatable bonds is 5. The Hall–Kier alpha value is -0.820. The highest BCUT2D eigenvalue weighted by Gasteiger charge is 2.27. The molecule has 0 aliphatic heterocycles. The van der Waals surface area contributed by atoms with Crippen LogP contribution in [0.5, 0.6) is 0 Å². The quantitative estimate of drug-likeness (QED) is 0.827. The molecule has 0 unspecified atom stereocenters. The average Bonchev–Trinajstić information content (AvgIpc) is 2.52. The molecule has 1 heterocycles. The molecule has 92 valence electrons. The number of nitrogens with two attached hydrogens (primary N) is 1. The molecule has 0 atom stereocenters. The van der Waals surface area contributed by atoms with E-state index in [9.17, 15) is 17.6 Å². The van der Waals surface area contributed by atoms with Gasteiger partial charge in [-0.2, -0.15) is 5.10 Å². The van der Waals surface area contributed by atoms with Crippen LogP contribution in [-0.2, 0) is 6.54 Å². The molecule has 2 N–H and O–H groups in total. The fourth-order valence-corrected chi connectivity index (χ4v) is 1.53. The third kappa shape index (κ3) is 2.65. The molecule has 0 spiro atoms. The van der Waals surface area contributed by atoms with Gasteiger partial charge in [0.05, 0.1) is 5.02 Å². The van der Waals surface area contributed by atoms with Crippen molar-refractivity contribution in [3.8, 4) is 0 Å². The summed E-state index contributed by atoms with van der Waals surface area (Å²) in [6, 6.07) is 0. The third-order valence-electron chi connectivity index (χ3n) is 1.94. The molecule has 0 aromatic carbocycles. The van der Waals surface area contributed by atoms with Crippen LogP contribution in [0.4, 0.5) is 17.6 Å². The topological polar surface area (TPSA) is 43.8 Å². The lowest BCUT2D eigenvalue weighted by Crippen LogP contribution is -2.10. The van der Waals surface area contributed by atoms with E-state index in [1.54, 1.807) is 0 Å². The van der Waals surface area contributed by atoms with Crippen LogP contribution in [0.2, 0.25) is 5.02 Å². The van der Waals surface area contributed by atoms with Crippen molar-refractivity contribution < 1.29 is 17.6 Å². The lowest BCUT2D eigenvalue weighted by atomic mass is 10.3. The fraction of sp³-hybridized carbons (Fsp3) is 0.625. The smallest absolute Gasteiger partial charge is 0.283 e. The van der Waals surface area contributed by atoms with Gasteiger partial charge in [-0.1, -0.05) is 11.6 Å². The summed E-state index contributed by atoms with van der Waals surface area (Å²) in [7, 11) is 0. The zero-order valence-corrected chi connectivity index (χ0v) is 8.89. The van der Waals surface area contributed by atoms with Gasteiger partial charge in [0, 0.05) is 6.54 Å². The van der Waals surface area contributed by atoms with Gasteiger partial charge in [-0.05, 0) is 13.0 Å². The zero-order valence-electron chi connectivity index (χ0n) is 8.14. The molecule has 0 saturated heterocycles. The highest BCUT2D eigenvalue weighted by molar-refractivity contribution is 6.32. The summed E-state index contributed by atoms with van der Waals surface area (Å²) < 4.78 is 50.7. The highest BCUT2D eigenvalue weighted by Crippen LogP contribution is 2.34. The van der Waals surface area contributed by atoms with Crippen molar-refractivity contribution in [1.29, 1.82) is 0 Å². The minimum absolute atomic E-state index is 0.0443. The van der Waals surface area contributed by atoms with Gasteiger partial charge in [0.1, 0.15) is 11.4 Å². The molecule has 1 rings (SSSR count). The third-order valence-corrected chi connectivity index (χ3v) is 2.33. The van der Waals surface area contributed by atoms with E-state index in [1.807, 2.05) is 0 Å². The lowest BCUT2D eigenvalue weighted by Gasteiger charge is -2.05. The van der Waals surface area contributed by atoms with Gasteiger partial charge in [0.15, 0.2) is 0 Å². The number of hydrogen-bond donors (Lipinski definition) is 1. The monoisotopic (exact) mass is 259 g/mol. The number of hydrogen-bond acceptors (Lipinski definition) is 2. The maximum absolute atomic E-state index is 12.6. The molecule has 0 saturated carbocycles. The Morgan fingerprint density at radius 1 is 1.25 bits per heavy atom. The van der Waals surface area contributed by atoms with Crippen LogP contribution in [0.15, 0.2) is 0 Å². The van der Waals surface area contributed by atoms with E-state index >= 15 is 0 Å². The Morgan fingerprint density at radius 3 is 2.31 bits per heavy atom. The Bertz CT molecular complexity index is 353. The van der Waals surface area contributed by atoms with E-state index in [0.29, 0.717) is 6.42 Å². The van der Waals surface area contributed by atoms with Gasteiger partial charge in [-0.25, -0.2) is 17.6 Å². The standard InChI is InChI=1S/C8H10ClF4N3/c9-4-5(7(10)11)15-16(3-1-2-14)6(4)8(12)13/h7-8H,1-3,14H2. The second-order valence-corrected chi connectivity index (χ2v) is 3.43. The summed E-state index contributed by atoms with van der Waals surface area (Å²) in [6.45, 7) is 0.298. The second-order valence-electron chi connectivity index (χ2n) is 3.05. The van der Waals surface area contributed by atoms with Crippen LogP contribution in [0, 0.1) is 0 Å². The molecule has 16 heavy (non-hydrogen) atoms. The Labute approximate surface area is 94.2 Å². The average molecular weight is 260 g/mol. The summed E-state index contributed by atoms with van der Waals surface area (Å²) in [4.78, 5) is 0. The van der Waals surface area contributed by atoms with Crippen molar-refractivity contribution in [3.05, 3.63) is 16.4 Å². The molecule has 0 aliphatic rings. The number of aryl methyl sites for hydroxylation is 1. The minimum Gasteiger partial charge on any atom is -0.330 e. The summed E-state index contributed by atoms with van der Waals surface area (Å²) >= 11 is 5.42. The van der Waals surface area contributed by atoms with Crippen molar-refractivity contribution in [1.82, 2.24) is 9.78 Å². The molecule has 3 nitrogen and oxygen atoms in total. The van der Waals surface area contributed by atoms with Crippen LogP contribution in [0.3, 0.4) is 0 Å². The van der Waals surface area contributed by atoms with E-state index in [0.717, 1.165) is 4.68 Å². The summed E-state index contributed by atoms with van der Waals surface area (Å²) in [5.41, 5.74) is 3.71. The molecule has 0 radical (unpaired) electrons. The molecule has 0 amide bonds. The second kappa shape index (κ2) is 5.49. The first-order valence-corrected chi connectivity index (χ1v) is 4.89.